The maximum Gasteiger partial charge on any atom is 0.291 e. The summed E-state index contributed by atoms with van der Waals surface area (Å²) in [5.74, 6) is 0.144. The highest BCUT2D eigenvalue weighted by Crippen LogP contribution is 2.29. The fourth-order valence-corrected chi connectivity index (χ4v) is 4.39. The molecular formula is C23H22N4O2. The average Bonchev–Trinajstić information content (AvgIpc) is 3.31. The van der Waals surface area contributed by atoms with Crippen molar-refractivity contribution < 1.29 is 4.79 Å². The van der Waals surface area contributed by atoms with E-state index in [2.05, 4.69) is 11.2 Å². The lowest BCUT2D eigenvalue weighted by atomic mass is 10.2. The monoisotopic (exact) mass is 386 g/mol. The van der Waals surface area contributed by atoms with Crippen LogP contribution in [-0.2, 0) is 24.8 Å². The number of amides is 1. The summed E-state index contributed by atoms with van der Waals surface area (Å²) in [5, 5.41) is 6.07. The molecule has 0 fully saturated rings. The molecule has 0 radical (unpaired) electrons. The van der Waals surface area contributed by atoms with Gasteiger partial charge in [0.15, 0.2) is 0 Å². The van der Waals surface area contributed by atoms with E-state index in [0.717, 1.165) is 34.9 Å². The zero-order valence-corrected chi connectivity index (χ0v) is 16.3. The van der Waals surface area contributed by atoms with Crippen LogP contribution in [0.1, 0.15) is 18.4 Å². The van der Waals surface area contributed by atoms with Gasteiger partial charge in [-0.1, -0.05) is 36.4 Å². The Bertz CT molecular complexity index is 1300. The molecular weight excluding hydrogens is 364 g/mol. The number of rotatable bonds is 4. The van der Waals surface area contributed by atoms with Crippen LogP contribution >= 0.6 is 0 Å². The van der Waals surface area contributed by atoms with Gasteiger partial charge in [-0.15, -0.1) is 0 Å². The van der Waals surface area contributed by atoms with E-state index in [9.17, 15) is 9.59 Å². The molecule has 2 aromatic heterocycles. The molecule has 0 atom stereocenters. The second-order valence-corrected chi connectivity index (χ2v) is 7.53. The van der Waals surface area contributed by atoms with E-state index in [4.69, 9.17) is 0 Å². The predicted octanol–water partition coefficient (Wildman–Crippen LogP) is 3.26. The molecule has 0 spiro atoms. The van der Waals surface area contributed by atoms with Gasteiger partial charge in [0.05, 0.1) is 6.20 Å². The Hall–Kier alpha value is -3.41. The number of hydrogen-bond acceptors (Lipinski definition) is 3. The molecule has 29 heavy (non-hydrogen) atoms. The highest BCUT2D eigenvalue weighted by Gasteiger charge is 2.23. The first-order valence-corrected chi connectivity index (χ1v) is 9.96. The number of aromatic nitrogens is 3. The highest BCUT2D eigenvalue weighted by molar-refractivity contribution is 6.07. The zero-order valence-electron chi connectivity index (χ0n) is 16.3. The van der Waals surface area contributed by atoms with E-state index in [1.54, 1.807) is 13.2 Å². The lowest BCUT2D eigenvalue weighted by molar-refractivity contribution is -0.118. The SMILES string of the molecule is Cn1ncc2c3ccccc3n(CCCC(=O)N3CCc4ccccc43)c2c1=O. The predicted molar refractivity (Wildman–Crippen MR) is 114 cm³/mol. The molecule has 0 saturated carbocycles. The van der Waals surface area contributed by atoms with Gasteiger partial charge in [-0.2, -0.15) is 5.10 Å². The number of fused-ring (bicyclic) bond motifs is 4. The molecule has 6 nitrogen and oxygen atoms in total. The van der Waals surface area contributed by atoms with Gasteiger partial charge >= 0.3 is 0 Å². The molecule has 4 aromatic rings. The normalized spacial score (nSPS) is 13.3. The first-order valence-electron chi connectivity index (χ1n) is 9.96. The van der Waals surface area contributed by atoms with Crippen molar-refractivity contribution in [2.24, 2.45) is 7.05 Å². The molecule has 5 rings (SSSR count). The minimum Gasteiger partial charge on any atom is -0.336 e. The molecule has 0 bridgehead atoms. The Kier molecular flexibility index (Phi) is 4.19. The standard InChI is InChI=1S/C23H22N4O2/c1-25-23(29)22-18(15-24-25)17-8-3-5-10-20(17)27(22)13-6-11-21(28)26-14-12-16-7-2-4-9-19(16)26/h2-5,7-10,15H,6,11-14H2,1H3. The first-order chi connectivity index (χ1) is 14.1. The van der Waals surface area contributed by atoms with Crippen molar-refractivity contribution in [1.29, 1.82) is 0 Å². The second kappa shape index (κ2) is 6.88. The van der Waals surface area contributed by atoms with Crippen LogP contribution < -0.4 is 10.5 Å². The van der Waals surface area contributed by atoms with Gasteiger partial charge in [0.1, 0.15) is 5.52 Å². The lowest BCUT2D eigenvalue weighted by Gasteiger charge is -2.17. The fourth-order valence-electron chi connectivity index (χ4n) is 4.39. The van der Waals surface area contributed by atoms with Crippen molar-refractivity contribution >= 4 is 33.4 Å². The molecule has 0 unspecified atom stereocenters. The molecule has 1 amide bonds. The fraction of sp³-hybridized carbons (Fsp3) is 0.261. The summed E-state index contributed by atoms with van der Waals surface area (Å²) in [7, 11) is 1.66. The van der Waals surface area contributed by atoms with E-state index in [-0.39, 0.29) is 11.5 Å². The number of hydrogen-bond donors (Lipinski definition) is 0. The summed E-state index contributed by atoms with van der Waals surface area (Å²) in [6.45, 7) is 1.37. The van der Waals surface area contributed by atoms with Crippen LogP contribution in [0.5, 0.6) is 0 Å². The third kappa shape index (κ3) is 2.83. The van der Waals surface area contributed by atoms with Crippen LogP contribution in [0.2, 0.25) is 0 Å². The third-order valence-corrected chi connectivity index (χ3v) is 5.83. The van der Waals surface area contributed by atoms with Crippen molar-refractivity contribution in [3.63, 3.8) is 0 Å². The molecule has 3 heterocycles. The molecule has 1 aliphatic heterocycles. The molecule has 1 aliphatic rings. The molecule has 146 valence electrons. The van der Waals surface area contributed by atoms with Crippen LogP contribution in [0, 0.1) is 0 Å². The number of carbonyl (C=O) groups is 1. The van der Waals surface area contributed by atoms with E-state index >= 15 is 0 Å². The second-order valence-electron chi connectivity index (χ2n) is 7.53. The van der Waals surface area contributed by atoms with E-state index in [1.807, 2.05) is 51.9 Å². The Balaban J connectivity index is 1.42. The highest BCUT2D eigenvalue weighted by atomic mass is 16.2. The summed E-state index contributed by atoms with van der Waals surface area (Å²) >= 11 is 0. The van der Waals surface area contributed by atoms with Crippen molar-refractivity contribution in [2.75, 3.05) is 11.4 Å². The summed E-state index contributed by atoms with van der Waals surface area (Å²) in [4.78, 5) is 27.5. The summed E-state index contributed by atoms with van der Waals surface area (Å²) in [6.07, 6.45) is 3.80. The van der Waals surface area contributed by atoms with Gasteiger partial charge in [-0.3, -0.25) is 9.59 Å². The number of anilines is 1. The topological polar surface area (TPSA) is 60.1 Å². The Morgan fingerprint density at radius 3 is 2.76 bits per heavy atom. The molecule has 0 saturated heterocycles. The van der Waals surface area contributed by atoms with Gasteiger partial charge < -0.3 is 9.47 Å². The summed E-state index contributed by atoms with van der Waals surface area (Å²) in [5.41, 5.74) is 3.82. The van der Waals surface area contributed by atoms with E-state index < -0.39 is 0 Å². The number of carbonyl (C=O) groups excluding carboxylic acids is 1. The van der Waals surface area contributed by atoms with Gasteiger partial charge in [-0.25, -0.2) is 4.68 Å². The minimum atomic E-state index is -0.113. The number of para-hydroxylation sites is 2. The lowest BCUT2D eigenvalue weighted by Crippen LogP contribution is -2.28. The zero-order chi connectivity index (χ0) is 20.0. The molecule has 0 N–H and O–H groups in total. The Labute approximate surface area is 168 Å². The summed E-state index contributed by atoms with van der Waals surface area (Å²) in [6, 6.07) is 16.1. The quantitative estimate of drug-likeness (QED) is 0.541. The number of nitrogens with zero attached hydrogens (tertiary/aromatic N) is 4. The van der Waals surface area contributed by atoms with E-state index in [1.165, 1.54) is 10.2 Å². The summed E-state index contributed by atoms with van der Waals surface area (Å²) < 4.78 is 3.41. The van der Waals surface area contributed by atoms with Crippen LogP contribution in [0.4, 0.5) is 5.69 Å². The van der Waals surface area contributed by atoms with Crippen molar-refractivity contribution in [3.05, 3.63) is 70.6 Å². The molecule has 2 aromatic carbocycles. The van der Waals surface area contributed by atoms with Crippen LogP contribution in [0.25, 0.3) is 21.8 Å². The number of benzene rings is 2. The minimum absolute atomic E-state index is 0.113. The van der Waals surface area contributed by atoms with Crippen LogP contribution in [0.3, 0.4) is 0 Å². The maximum absolute atomic E-state index is 12.8. The van der Waals surface area contributed by atoms with Crippen molar-refractivity contribution in [2.45, 2.75) is 25.8 Å². The Morgan fingerprint density at radius 2 is 1.86 bits per heavy atom. The first kappa shape index (κ1) is 17.7. The smallest absolute Gasteiger partial charge is 0.291 e. The van der Waals surface area contributed by atoms with Gasteiger partial charge in [-0.05, 0) is 30.5 Å². The van der Waals surface area contributed by atoms with E-state index in [0.29, 0.717) is 24.9 Å². The Morgan fingerprint density at radius 1 is 1.07 bits per heavy atom. The average molecular weight is 386 g/mol. The van der Waals surface area contributed by atoms with Gasteiger partial charge in [0, 0.05) is 48.5 Å². The molecule has 0 aliphatic carbocycles. The maximum atomic E-state index is 12.8. The molecule has 6 heteroatoms. The van der Waals surface area contributed by atoms with Gasteiger partial charge in [0.2, 0.25) is 5.91 Å². The third-order valence-electron chi connectivity index (χ3n) is 5.83. The van der Waals surface area contributed by atoms with Crippen molar-refractivity contribution in [3.8, 4) is 0 Å². The van der Waals surface area contributed by atoms with Crippen LogP contribution in [-0.4, -0.2) is 26.8 Å². The number of aryl methyl sites for hydroxylation is 2. The van der Waals surface area contributed by atoms with Crippen molar-refractivity contribution in [1.82, 2.24) is 14.3 Å². The van der Waals surface area contributed by atoms with Crippen LogP contribution in [0.15, 0.2) is 59.5 Å². The van der Waals surface area contributed by atoms with Gasteiger partial charge in [0.25, 0.3) is 5.56 Å². The largest absolute Gasteiger partial charge is 0.336 e.